The molecule has 2 aromatic rings. The second-order valence-electron chi connectivity index (χ2n) is 4.89. The average Bonchev–Trinajstić information content (AvgIpc) is 2.64. The van der Waals surface area contributed by atoms with Crippen LogP contribution in [0.25, 0.3) is 0 Å². The van der Waals surface area contributed by atoms with Crippen LogP contribution in [0.3, 0.4) is 0 Å². The second-order valence-corrected chi connectivity index (χ2v) is 6.56. The minimum absolute atomic E-state index is 0.742. The first-order valence-electron chi connectivity index (χ1n) is 7.01. The molecule has 0 amide bonds. The third-order valence-corrected chi connectivity index (χ3v) is 4.97. The summed E-state index contributed by atoms with van der Waals surface area (Å²) in [5, 5.41) is 0.742. The number of aliphatic imine (C=N–C) groups is 1. The second kappa shape index (κ2) is 6.08. The molecular weight excluding hydrogens is 298 g/mol. The van der Waals surface area contributed by atoms with Gasteiger partial charge in [0.2, 0.25) is 0 Å². The molecule has 0 saturated carbocycles. The molecule has 1 nitrogen and oxygen atoms in total. The van der Waals surface area contributed by atoms with E-state index in [4.69, 9.17) is 16.6 Å². The van der Waals surface area contributed by atoms with E-state index in [1.807, 2.05) is 24.3 Å². The van der Waals surface area contributed by atoms with Crippen molar-refractivity contribution in [3.05, 3.63) is 75.3 Å². The van der Waals surface area contributed by atoms with Gasteiger partial charge in [-0.05, 0) is 25.5 Å². The van der Waals surface area contributed by atoms with E-state index in [-0.39, 0.29) is 0 Å². The maximum atomic E-state index is 6.40. The number of hydrogen-bond acceptors (Lipinski definition) is 2. The Balaban J connectivity index is 2.27. The Morgan fingerprint density at radius 1 is 1.00 bits per heavy atom. The summed E-state index contributed by atoms with van der Waals surface area (Å²) in [7, 11) is 0. The van der Waals surface area contributed by atoms with E-state index in [2.05, 4.69) is 38.1 Å². The van der Waals surface area contributed by atoms with E-state index >= 15 is 0 Å². The van der Waals surface area contributed by atoms with Crippen molar-refractivity contribution in [2.75, 3.05) is 0 Å². The monoisotopic (exact) mass is 313 g/mol. The van der Waals surface area contributed by atoms with Crippen LogP contribution in [0.4, 0.5) is 0 Å². The number of halogens is 1. The Labute approximate surface area is 134 Å². The maximum absolute atomic E-state index is 6.40. The highest BCUT2D eigenvalue weighted by atomic mass is 35.5. The van der Waals surface area contributed by atoms with Crippen molar-refractivity contribution < 1.29 is 0 Å². The van der Waals surface area contributed by atoms with Crippen molar-refractivity contribution in [2.24, 2.45) is 4.99 Å². The molecule has 3 heteroatoms. The van der Waals surface area contributed by atoms with Crippen LogP contribution in [0.5, 0.6) is 0 Å². The van der Waals surface area contributed by atoms with Gasteiger partial charge in [0.15, 0.2) is 0 Å². The molecule has 1 aliphatic rings. The Bertz CT molecular complexity index is 746. The Kier molecular flexibility index (Phi) is 4.18. The molecule has 0 radical (unpaired) electrons. The molecule has 1 heterocycles. The third kappa shape index (κ3) is 2.78. The van der Waals surface area contributed by atoms with Crippen LogP contribution in [0, 0.1) is 0 Å². The highest BCUT2D eigenvalue weighted by molar-refractivity contribution is 8.03. The number of rotatable bonds is 2. The number of fused-ring (bicyclic) bond motifs is 1. The lowest BCUT2D eigenvalue weighted by Gasteiger charge is -2.10. The van der Waals surface area contributed by atoms with Gasteiger partial charge in [0.05, 0.1) is 11.4 Å². The van der Waals surface area contributed by atoms with E-state index < -0.39 is 0 Å². The fraction of sp³-hybridized carbons (Fsp3) is 0.167. The van der Waals surface area contributed by atoms with Crippen LogP contribution < -0.4 is 0 Å². The third-order valence-electron chi connectivity index (χ3n) is 3.52. The van der Waals surface area contributed by atoms with Crippen molar-refractivity contribution in [1.29, 1.82) is 0 Å². The molecule has 3 rings (SSSR count). The fourth-order valence-electron chi connectivity index (χ4n) is 2.44. The van der Waals surface area contributed by atoms with E-state index in [1.54, 1.807) is 11.8 Å². The van der Waals surface area contributed by atoms with Crippen molar-refractivity contribution in [3.63, 3.8) is 0 Å². The number of allylic oxidation sites excluding steroid dienone is 2. The highest BCUT2D eigenvalue weighted by Crippen LogP contribution is 2.37. The SMILES string of the molecule is CCC1=C(C)Sc2ccccc2C(c2ccccc2Cl)=N1. The van der Waals surface area contributed by atoms with Crippen LogP contribution in [-0.4, -0.2) is 5.71 Å². The molecule has 2 aromatic carbocycles. The predicted octanol–water partition coefficient (Wildman–Crippen LogP) is 5.92. The molecule has 0 saturated heterocycles. The van der Waals surface area contributed by atoms with Gasteiger partial charge in [-0.25, -0.2) is 0 Å². The van der Waals surface area contributed by atoms with E-state index in [9.17, 15) is 0 Å². The first-order valence-corrected chi connectivity index (χ1v) is 8.20. The van der Waals surface area contributed by atoms with Crippen molar-refractivity contribution in [2.45, 2.75) is 25.2 Å². The Hall–Kier alpha value is -1.51. The average molecular weight is 314 g/mol. The summed E-state index contributed by atoms with van der Waals surface area (Å²) in [6, 6.07) is 16.3. The molecule has 0 aliphatic carbocycles. The summed E-state index contributed by atoms with van der Waals surface area (Å²) in [6.45, 7) is 4.28. The minimum Gasteiger partial charge on any atom is -0.251 e. The molecule has 0 N–H and O–H groups in total. The molecule has 0 fully saturated rings. The van der Waals surface area contributed by atoms with Gasteiger partial charge in [-0.2, -0.15) is 0 Å². The molecule has 106 valence electrons. The highest BCUT2D eigenvalue weighted by Gasteiger charge is 2.19. The smallest absolute Gasteiger partial charge is 0.0804 e. The Morgan fingerprint density at radius 3 is 2.38 bits per heavy atom. The summed E-state index contributed by atoms with van der Waals surface area (Å²) in [6.07, 6.45) is 0.917. The summed E-state index contributed by atoms with van der Waals surface area (Å²) in [4.78, 5) is 7.43. The van der Waals surface area contributed by atoms with Crippen LogP contribution in [0.1, 0.15) is 31.4 Å². The zero-order chi connectivity index (χ0) is 14.8. The number of thioether (sulfide) groups is 1. The maximum Gasteiger partial charge on any atom is 0.0804 e. The summed E-state index contributed by atoms with van der Waals surface area (Å²) in [5.74, 6) is 0. The number of benzene rings is 2. The first-order chi connectivity index (χ1) is 10.2. The van der Waals surface area contributed by atoms with E-state index in [0.717, 1.165) is 34.0 Å². The normalized spacial score (nSPS) is 14.5. The van der Waals surface area contributed by atoms with Crippen molar-refractivity contribution >= 4 is 29.1 Å². The lowest BCUT2D eigenvalue weighted by Crippen LogP contribution is -2.05. The summed E-state index contributed by atoms with van der Waals surface area (Å²) in [5.41, 5.74) is 4.25. The van der Waals surface area contributed by atoms with Crippen LogP contribution in [-0.2, 0) is 0 Å². The number of hydrogen-bond donors (Lipinski definition) is 0. The molecule has 0 atom stereocenters. The van der Waals surface area contributed by atoms with Crippen LogP contribution in [0.15, 0.2) is 69.0 Å². The molecule has 0 aromatic heterocycles. The van der Waals surface area contributed by atoms with Gasteiger partial charge < -0.3 is 0 Å². The Morgan fingerprint density at radius 2 is 1.67 bits per heavy atom. The first kappa shape index (κ1) is 14.4. The molecule has 1 aliphatic heterocycles. The van der Waals surface area contributed by atoms with Crippen molar-refractivity contribution in [1.82, 2.24) is 0 Å². The van der Waals surface area contributed by atoms with E-state index in [0.29, 0.717) is 0 Å². The fourth-order valence-corrected chi connectivity index (χ4v) is 3.72. The summed E-state index contributed by atoms with van der Waals surface area (Å²) < 4.78 is 0. The molecule has 0 spiro atoms. The van der Waals surface area contributed by atoms with Crippen molar-refractivity contribution in [3.8, 4) is 0 Å². The van der Waals surface area contributed by atoms with Gasteiger partial charge in [-0.15, -0.1) is 0 Å². The summed E-state index contributed by atoms with van der Waals surface area (Å²) >= 11 is 8.19. The standard InChI is InChI=1S/C18H16ClNS/c1-3-16-12(2)21-17-11-7-5-9-14(17)18(20-16)13-8-4-6-10-15(13)19/h4-11H,3H2,1-2H3. The minimum atomic E-state index is 0.742. The van der Waals surface area contributed by atoms with Gasteiger partial charge >= 0.3 is 0 Å². The van der Waals surface area contributed by atoms with E-state index in [1.165, 1.54) is 9.80 Å². The van der Waals surface area contributed by atoms with Crippen LogP contribution >= 0.6 is 23.4 Å². The van der Waals surface area contributed by atoms with Gasteiger partial charge in [-0.1, -0.05) is 66.7 Å². The molecule has 21 heavy (non-hydrogen) atoms. The van der Waals surface area contributed by atoms with Gasteiger partial charge in [0.1, 0.15) is 0 Å². The lowest BCUT2D eigenvalue weighted by atomic mass is 10.0. The number of nitrogens with zero attached hydrogens (tertiary/aromatic N) is 1. The largest absolute Gasteiger partial charge is 0.251 e. The molecule has 0 unspecified atom stereocenters. The zero-order valence-corrected chi connectivity index (χ0v) is 13.6. The molecule has 0 bridgehead atoms. The van der Waals surface area contributed by atoms with Gasteiger partial charge in [0, 0.05) is 26.0 Å². The zero-order valence-electron chi connectivity index (χ0n) is 12.1. The topological polar surface area (TPSA) is 12.4 Å². The van der Waals surface area contributed by atoms with Crippen LogP contribution in [0.2, 0.25) is 5.02 Å². The van der Waals surface area contributed by atoms with Gasteiger partial charge in [0.25, 0.3) is 0 Å². The molecular formula is C18H16ClNS. The van der Waals surface area contributed by atoms with Gasteiger partial charge in [-0.3, -0.25) is 4.99 Å². The lowest BCUT2D eigenvalue weighted by molar-refractivity contribution is 1.05. The predicted molar refractivity (Wildman–Crippen MR) is 92.4 cm³/mol. The quantitative estimate of drug-likeness (QED) is 0.670.